The number of carbonyl (C=O) groups is 1. The molecule has 6 heteroatoms. The van der Waals surface area contributed by atoms with E-state index in [4.69, 9.17) is 4.74 Å². The Morgan fingerprint density at radius 3 is 2.88 bits per heavy atom. The fourth-order valence-electron chi connectivity index (χ4n) is 3.62. The number of benzene rings is 1. The van der Waals surface area contributed by atoms with Gasteiger partial charge in [-0.3, -0.25) is 9.69 Å². The van der Waals surface area contributed by atoms with E-state index in [-0.39, 0.29) is 17.8 Å². The summed E-state index contributed by atoms with van der Waals surface area (Å²) in [5, 5.41) is 6.34. The van der Waals surface area contributed by atoms with Crippen molar-refractivity contribution in [3.05, 3.63) is 30.1 Å². The maximum atomic E-state index is 12.9. The van der Waals surface area contributed by atoms with Crippen molar-refractivity contribution < 1.29 is 13.9 Å². The second-order valence-corrected chi connectivity index (χ2v) is 7.01. The number of hydrogen-bond acceptors (Lipinski definition) is 4. The van der Waals surface area contributed by atoms with Crippen LogP contribution >= 0.6 is 0 Å². The molecule has 2 aliphatic rings. The van der Waals surface area contributed by atoms with Crippen molar-refractivity contribution in [3.8, 4) is 5.75 Å². The molecule has 0 aromatic heterocycles. The third kappa shape index (κ3) is 5.68. The van der Waals surface area contributed by atoms with Gasteiger partial charge in [0.15, 0.2) is 0 Å². The molecule has 2 unspecified atom stereocenters. The molecule has 1 aromatic rings. The van der Waals surface area contributed by atoms with Crippen LogP contribution in [0.5, 0.6) is 5.75 Å². The van der Waals surface area contributed by atoms with Crippen molar-refractivity contribution >= 4 is 5.91 Å². The summed E-state index contributed by atoms with van der Waals surface area (Å²) in [4.78, 5) is 14.5. The lowest BCUT2D eigenvalue weighted by molar-refractivity contribution is -0.123. The Bertz CT molecular complexity index is 546. The number of halogens is 1. The van der Waals surface area contributed by atoms with E-state index < -0.39 is 0 Å². The second-order valence-electron chi connectivity index (χ2n) is 7.01. The average Bonchev–Trinajstić information content (AvgIpc) is 3.17. The summed E-state index contributed by atoms with van der Waals surface area (Å²) < 4.78 is 18.6. The summed E-state index contributed by atoms with van der Waals surface area (Å²) in [7, 11) is 0. The van der Waals surface area contributed by atoms with Crippen LogP contribution in [0.2, 0.25) is 0 Å². The Labute approximate surface area is 148 Å². The standard InChI is InChI=1S/C19H28FN3O2/c20-16-5-7-17(8-6-16)25-12-11-23-10-2-3-15(14-23)13-22-19(24)18-4-1-9-21-18/h5-8,15,18,21H,1-4,9-14H2,(H,22,24). The van der Waals surface area contributed by atoms with Crippen LogP contribution in [0.25, 0.3) is 0 Å². The largest absolute Gasteiger partial charge is 0.492 e. The van der Waals surface area contributed by atoms with Gasteiger partial charge in [-0.15, -0.1) is 0 Å². The quantitative estimate of drug-likeness (QED) is 0.788. The van der Waals surface area contributed by atoms with Crippen LogP contribution in [0.1, 0.15) is 25.7 Å². The molecule has 2 heterocycles. The van der Waals surface area contributed by atoms with Gasteiger partial charge in [0, 0.05) is 19.6 Å². The number of nitrogens with zero attached hydrogens (tertiary/aromatic N) is 1. The van der Waals surface area contributed by atoms with Gasteiger partial charge in [-0.2, -0.15) is 0 Å². The summed E-state index contributed by atoms with van der Waals surface area (Å²) >= 11 is 0. The van der Waals surface area contributed by atoms with Crippen LogP contribution in [-0.2, 0) is 4.79 Å². The molecule has 2 saturated heterocycles. The van der Waals surface area contributed by atoms with Crippen LogP contribution < -0.4 is 15.4 Å². The maximum Gasteiger partial charge on any atom is 0.237 e. The van der Waals surface area contributed by atoms with Crippen molar-refractivity contribution in [2.45, 2.75) is 31.7 Å². The summed E-state index contributed by atoms with van der Waals surface area (Å²) in [6, 6.07) is 6.13. The predicted octanol–water partition coefficient (Wildman–Crippen LogP) is 1.78. The Balaban J connectivity index is 1.34. The van der Waals surface area contributed by atoms with E-state index in [9.17, 15) is 9.18 Å². The molecule has 3 rings (SSSR count). The minimum Gasteiger partial charge on any atom is -0.492 e. The van der Waals surface area contributed by atoms with Crippen molar-refractivity contribution in [1.82, 2.24) is 15.5 Å². The predicted molar refractivity (Wildman–Crippen MR) is 95.1 cm³/mol. The molecular weight excluding hydrogens is 321 g/mol. The average molecular weight is 349 g/mol. The van der Waals surface area contributed by atoms with Gasteiger partial charge in [-0.1, -0.05) is 0 Å². The monoisotopic (exact) mass is 349 g/mol. The van der Waals surface area contributed by atoms with Gasteiger partial charge < -0.3 is 15.4 Å². The van der Waals surface area contributed by atoms with Crippen LogP contribution in [0, 0.1) is 11.7 Å². The maximum absolute atomic E-state index is 12.9. The molecule has 2 atom stereocenters. The number of amides is 1. The van der Waals surface area contributed by atoms with Crippen LogP contribution in [0.15, 0.2) is 24.3 Å². The fraction of sp³-hybridized carbons (Fsp3) is 0.632. The molecule has 1 amide bonds. The smallest absolute Gasteiger partial charge is 0.237 e. The van der Waals surface area contributed by atoms with Crippen molar-refractivity contribution in [2.75, 3.05) is 39.3 Å². The molecule has 0 radical (unpaired) electrons. The molecule has 2 aliphatic heterocycles. The van der Waals surface area contributed by atoms with E-state index >= 15 is 0 Å². The zero-order valence-corrected chi connectivity index (χ0v) is 14.7. The molecule has 5 nitrogen and oxygen atoms in total. The van der Waals surface area contributed by atoms with E-state index in [1.807, 2.05) is 0 Å². The second kappa shape index (κ2) is 9.15. The molecule has 0 spiro atoms. The molecular formula is C19H28FN3O2. The van der Waals surface area contributed by atoms with Crippen LogP contribution in [0.3, 0.4) is 0 Å². The topological polar surface area (TPSA) is 53.6 Å². The lowest BCUT2D eigenvalue weighted by Crippen LogP contribution is -2.46. The zero-order valence-electron chi connectivity index (χ0n) is 14.7. The van der Waals surface area contributed by atoms with E-state index in [0.717, 1.165) is 58.4 Å². The molecule has 0 saturated carbocycles. The van der Waals surface area contributed by atoms with Crippen molar-refractivity contribution in [1.29, 1.82) is 0 Å². The number of piperidine rings is 1. The molecule has 138 valence electrons. The number of carbonyl (C=O) groups excluding carboxylic acids is 1. The Morgan fingerprint density at radius 1 is 1.28 bits per heavy atom. The first-order valence-corrected chi connectivity index (χ1v) is 9.32. The normalized spacial score (nSPS) is 24.2. The highest BCUT2D eigenvalue weighted by atomic mass is 19.1. The molecule has 0 bridgehead atoms. The number of likely N-dealkylation sites (tertiary alicyclic amines) is 1. The number of ether oxygens (including phenoxy) is 1. The van der Waals surface area contributed by atoms with E-state index in [0.29, 0.717) is 18.3 Å². The van der Waals surface area contributed by atoms with Crippen molar-refractivity contribution in [2.24, 2.45) is 5.92 Å². The van der Waals surface area contributed by atoms with Gasteiger partial charge in [0.25, 0.3) is 0 Å². The number of nitrogens with one attached hydrogen (secondary N) is 2. The minimum atomic E-state index is -0.249. The van der Waals surface area contributed by atoms with Crippen LogP contribution in [-0.4, -0.2) is 56.2 Å². The highest BCUT2D eigenvalue weighted by Gasteiger charge is 2.24. The van der Waals surface area contributed by atoms with Crippen LogP contribution in [0.4, 0.5) is 4.39 Å². The molecule has 1 aromatic carbocycles. The summed E-state index contributed by atoms with van der Waals surface area (Å²) in [6.07, 6.45) is 4.35. The Morgan fingerprint density at radius 2 is 2.12 bits per heavy atom. The van der Waals surface area contributed by atoms with Gasteiger partial charge >= 0.3 is 0 Å². The first-order chi connectivity index (χ1) is 12.2. The zero-order chi connectivity index (χ0) is 17.5. The van der Waals surface area contributed by atoms with E-state index in [2.05, 4.69) is 15.5 Å². The lowest BCUT2D eigenvalue weighted by Gasteiger charge is -2.32. The third-order valence-corrected chi connectivity index (χ3v) is 5.03. The molecule has 25 heavy (non-hydrogen) atoms. The van der Waals surface area contributed by atoms with E-state index in [1.54, 1.807) is 12.1 Å². The van der Waals surface area contributed by atoms with Gasteiger partial charge in [0.1, 0.15) is 18.2 Å². The highest BCUT2D eigenvalue weighted by molar-refractivity contribution is 5.81. The van der Waals surface area contributed by atoms with Crippen molar-refractivity contribution in [3.63, 3.8) is 0 Å². The first-order valence-electron chi connectivity index (χ1n) is 9.32. The summed E-state index contributed by atoms with van der Waals surface area (Å²) in [5.74, 6) is 1.10. The summed E-state index contributed by atoms with van der Waals surface area (Å²) in [6.45, 7) is 5.21. The first kappa shape index (κ1) is 18.1. The lowest BCUT2D eigenvalue weighted by atomic mass is 9.98. The molecule has 2 N–H and O–H groups in total. The van der Waals surface area contributed by atoms with E-state index in [1.165, 1.54) is 12.1 Å². The third-order valence-electron chi connectivity index (χ3n) is 5.03. The highest BCUT2D eigenvalue weighted by Crippen LogP contribution is 2.16. The summed E-state index contributed by atoms with van der Waals surface area (Å²) in [5.41, 5.74) is 0. The number of rotatable bonds is 7. The fourth-order valence-corrected chi connectivity index (χ4v) is 3.62. The Kier molecular flexibility index (Phi) is 6.64. The SMILES string of the molecule is O=C(NCC1CCCN(CCOc2ccc(F)cc2)C1)C1CCCN1. The minimum absolute atomic E-state index is 0.00352. The molecule has 2 fully saturated rings. The number of hydrogen-bond donors (Lipinski definition) is 2. The van der Waals surface area contributed by atoms with Gasteiger partial charge in [-0.05, 0) is 69.0 Å². The Hall–Kier alpha value is -1.66. The van der Waals surface area contributed by atoms with Gasteiger partial charge in [0.2, 0.25) is 5.91 Å². The molecule has 0 aliphatic carbocycles. The van der Waals surface area contributed by atoms with Gasteiger partial charge in [-0.25, -0.2) is 4.39 Å². The van der Waals surface area contributed by atoms with Gasteiger partial charge in [0.05, 0.1) is 6.04 Å².